The molecule has 1 amide bonds. The number of hydrogen-bond donors (Lipinski definition) is 2. The Bertz CT molecular complexity index is 807. The van der Waals surface area contributed by atoms with Crippen molar-refractivity contribution < 1.29 is 4.79 Å². The molecule has 2 heterocycles. The minimum Gasteiger partial charge on any atom is -0.348 e. The average Bonchev–Trinajstić information content (AvgIpc) is 2.84. The van der Waals surface area contributed by atoms with E-state index in [0.29, 0.717) is 5.69 Å². The second kappa shape index (κ2) is 5.36. The molecule has 2 N–H and O–H groups in total. The maximum absolute atomic E-state index is 12.0. The lowest BCUT2D eigenvalue weighted by molar-refractivity contribution is -0.115. The summed E-state index contributed by atoms with van der Waals surface area (Å²) in [4.78, 5) is 23.5. The monoisotopic (exact) mass is 280 g/mol. The summed E-state index contributed by atoms with van der Waals surface area (Å²) in [6.45, 7) is 3.93. The van der Waals surface area contributed by atoms with Gasteiger partial charge < -0.3 is 10.3 Å². The molecule has 3 aromatic rings. The van der Waals surface area contributed by atoms with E-state index in [9.17, 15) is 4.79 Å². The number of aromatic nitrogens is 3. The van der Waals surface area contributed by atoms with Gasteiger partial charge in [-0.15, -0.1) is 0 Å². The van der Waals surface area contributed by atoms with Gasteiger partial charge in [-0.1, -0.05) is 12.1 Å². The number of nitrogens with zero attached hydrogens (tertiary/aromatic N) is 2. The quantitative estimate of drug-likeness (QED) is 0.775. The van der Waals surface area contributed by atoms with Crippen LogP contribution in [0.2, 0.25) is 0 Å². The molecule has 21 heavy (non-hydrogen) atoms. The molecule has 3 rings (SSSR count). The average molecular weight is 280 g/mol. The molecule has 0 unspecified atom stereocenters. The van der Waals surface area contributed by atoms with Gasteiger partial charge in [0.15, 0.2) is 0 Å². The van der Waals surface area contributed by atoms with Crippen LogP contribution in [-0.2, 0) is 11.2 Å². The third-order valence-corrected chi connectivity index (χ3v) is 3.39. The highest BCUT2D eigenvalue weighted by molar-refractivity contribution is 5.94. The largest absolute Gasteiger partial charge is 0.348 e. The zero-order valence-corrected chi connectivity index (χ0v) is 12.0. The molecule has 0 bridgehead atoms. The van der Waals surface area contributed by atoms with Gasteiger partial charge in [0.1, 0.15) is 0 Å². The number of aromatic amines is 1. The van der Waals surface area contributed by atoms with E-state index in [1.165, 1.54) is 5.56 Å². The van der Waals surface area contributed by atoms with Crippen LogP contribution in [0, 0.1) is 13.8 Å². The zero-order valence-electron chi connectivity index (χ0n) is 12.0. The zero-order chi connectivity index (χ0) is 14.8. The van der Waals surface area contributed by atoms with Crippen molar-refractivity contribution in [2.24, 2.45) is 0 Å². The molecule has 1 aromatic carbocycles. The molecule has 0 saturated heterocycles. The van der Waals surface area contributed by atoms with Crippen LogP contribution in [0.25, 0.3) is 10.9 Å². The first-order chi connectivity index (χ1) is 10.1. The molecule has 0 atom stereocenters. The minimum absolute atomic E-state index is 0.0986. The van der Waals surface area contributed by atoms with Crippen LogP contribution in [0.5, 0.6) is 0 Å². The van der Waals surface area contributed by atoms with Crippen molar-refractivity contribution in [3.05, 3.63) is 53.7 Å². The first kappa shape index (κ1) is 13.3. The molecule has 5 heteroatoms. The molecule has 2 aromatic heterocycles. The predicted octanol–water partition coefficient (Wildman–Crippen LogP) is 2.76. The van der Waals surface area contributed by atoms with Crippen molar-refractivity contribution in [2.45, 2.75) is 20.3 Å². The van der Waals surface area contributed by atoms with Gasteiger partial charge in [-0.2, -0.15) is 0 Å². The molecule has 0 radical (unpaired) electrons. The van der Waals surface area contributed by atoms with Crippen molar-refractivity contribution in [1.29, 1.82) is 0 Å². The minimum atomic E-state index is -0.0986. The third kappa shape index (κ3) is 2.91. The lowest BCUT2D eigenvalue weighted by Crippen LogP contribution is -2.15. The first-order valence-corrected chi connectivity index (χ1v) is 6.77. The van der Waals surface area contributed by atoms with Gasteiger partial charge in [-0.25, -0.2) is 4.98 Å². The Morgan fingerprint density at radius 1 is 1.24 bits per heavy atom. The maximum atomic E-state index is 12.0. The van der Waals surface area contributed by atoms with Gasteiger partial charge in [0.05, 0.1) is 35.8 Å². The maximum Gasteiger partial charge on any atom is 0.230 e. The molecule has 0 aliphatic rings. The van der Waals surface area contributed by atoms with Crippen LogP contribution in [0.3, 0.4) is 0 Å². The summed E-state index contributed by atoms with van der Waals surface area (Å²) in [5.41, 5.74) is 4.47. The summed E-state index contributed by atoms with van der Waals surface area (Å²) in [5, 5.41) is 3.87. The van der Waals surface area contributed by atoms with Crippen LogP contribution in [0.1, 0.15) is 17.0 Å². The Balaban J connectivity index is 1.77. The Labute approximate surface area is 122 Å². The number of carbonyl (C=O) groups is 1. The molecule has 0 fully saturated rings. The van der Waals surface area contributed by atoms with Gasteiger partial charge in [0.2, 0.25) is 5.91 Å². The molecule has 5 nitrogen and oxygen atoms in total. The van der Waals surface area contributed by atoms with E-state index in [1.807, 2.05) is 38.1 Å². The van der Waals surface area contributed by atoms with E-state index in [1.54, 1.807) is 12.5 Å². The topological polar surface area (TPSA) is 70.7 Å². The lowest BCUT2D eigenvalue weighted by atomic mass is 10.1. The van der Waals surface area contributed by atoms with Gasteiger partial charge in [0, 0.05) is 11.1 Å². The van der Waals surface area contributed by atoms with Gasteiger partial charge in [-0.05, 0) is 31.5 Å². The van der Waals surface area contributed by atoms with Gasteiger partial charge in [0.25, 0.3) is 0 Å². The SMILES string of the molecule is Cc1ccc2cc(NC(=O)Cc3nc[nH]c3C)cnc2c1. The van der Waals surface area contributed by atoms with E-state index >= 15 is 0 Å². The van der Waals surface area contributed by atoms with E-state index in [-0.39, 0.29) is 12.3 Å². The Kier molecular flexibility index (Phi) is 3.39. The summed E-state index contributed by atoms with van der Waals surface area (Å²) in [7, 11) is 0. The number of carbonyl (C=O) groups excluding carboxylic acids is 1. The van der Waals surface area contributed by atoms with Crippen LogP contribution in [-0.4, -0.2) is 20.9 Å². The van der Waals surface area contributed by atoms with E-state index in [2.05, 4.69) is 20.3 Å². The van der Waals surface area contributed by atoms with Crippen molar-refractivity contribution in [1.82, 2.24) is 15.0 Å². The van der Waals surface area contributed by atoms with E-state index < -0.39 is 0 Å². The normalized spacial score (nSPS) is 10.8. The highest BCUT2D eigenvalue weighted by Gasteiger charge is 2.09. The second-order valence-electron chi connectivity index (χ2n) is 5.12. The molecule has 0 aliphatic carbocycles. The summed E-state index contributed by atoms with van der Waals surface area (Å²) in [5.74, 6) is -0.0986. The number of H-pyrrole nitrogens is 1. The molecular formula is C16H16N4O. The number of nitrogens with one attached hydrogen (secondary N) is 2. The van der Waals surface area contributed by atoms with Crippen molar-refractivity contribution >= 4 is 22.5 Å². The summed E-state index contributed by atoms with van der Waals surface area (Å²) in [6, 6.07) is 7.99. The molecular weight excluding hydrogens is 264 g/mol. The van der Waals surface area contributed by atoms with Gasteiger partial charge in [-0.3, -0.25) is 9.78 Å². The lowest BCUT2D eigenvalue weighted by Gasteiger charge is -2.06. The van der Waals surface area contributed by atoms with Gasteiger partial charge >= 0.3 is 0 Å². The number of amides is 1. The molecule has 0 aliphatic heterocycles. The number of fused-ring (bicyclic) bond motifs is 1. The van der Waals surface area contributed by atoms with Crippen LogP contribution >= 0.6 is 0 Å². The molecule has 0 spiro atoms. The van der Waals surface area contributed by atoms with Crippen molar-refractivity contribution in [3.8, 4) is 0 Å². The number of anilines is 1. The molecule has 106 valence electrons. The first-order valence-electron chi connectivity index (χ1n) is 6.77. The van der Waals surface area contributed by atoms with Crippen LogP contribution in [0.4, 0.5) is 5.69 Å². The van der Waals surface area contributed by atoms with Crippen molar-refractivity contribution in [3.63, 3.8) is 0 Å². The Morgan fingerprint density at radius 3 is 2.86 bits per heavy atom. The smallest absolute Gasteiger partial charge is 0.230 e. The fourth-order valence-corrected chi connectivity index (χ4v) is 2.22. The standard InChI is InChI=1S/C16H16N4O/c1-10-3-4-12-6-13(8-17-15(12)5-10)20-16(21)7-14-11(2)18-9-19-14/h3-6,8-9H,7H2,1-2H3,(H,18,19)(H,20,21). The number of rotatable bonds is 3. The second-order valence-corrected chi connectivity index (χ2v) is 5.12. The van der Waals surface area contributed by atoms with Crippen LogP contribution in [0.15, 0.2) is 36.8 Å². The number of imidazole rings is 1. The van der Waals surface area contributed by atoms with Crippen molar-refractivity contribution in [2.75, 3.05) is 5.32 Å². The number of benzene rings is 1. The third-order valence-electron chi connectivity index (χ3n) is 3.39. The Hall–Kier alpha value is -2.69. The Morgan fingerprint density at radius 2 is 2.10 bits per heavy atom. The van der Waals surface area contributed by atoms with E-state index in [0.717, 1.165) is 22.3 Å². The van der Waals surface area contributed by atoms with Crippen LogP contribution < -0.4 is 5.32 Å². The number of pyridine rings is 1. The fourth-order valence-electron chi connectivity index (χ4n) is 2.22. The summed E-state index contributed by atoms with van der Waals surface area (Å²) >= 11 is 0. The summed E-state index contributed by atoms with van der Waals surface area (Å²) in [6.07, 6.45) is 3.52. The number of hydrogen-bond acceptors (Lipinski definition) is 3. The highest BCUT2D eigenvalue weighted by atomic mass is 16.1. The fraction of sp³-hybridized carbons (Fsp3) is 0.188. The predicted molar refractivity (Wildman–Crippen MR) is 82.1 cm³/mol. The molecule has 0 saturated carbocycles. The highest BCUT2D eigenvalue weighted by Crippen LogP contribution is 2.18. The summed E-state index contributed by atoms with van der Waals surface area (Å²) < 4.78 is 0. The number of aryl methyl sites for hydroxylation is 2. The van der Waals surface area contributed by atoms with E-state index in [4.69, 9.17) is 0 Å².